The lowest BCUT2D eigenvalue weighted by molar-refractivity contribution is 0.208. The van der Waals surface area contributed by atoms with E-state index in [-0.39, 0.29) is 0 Å². The predicted molar refractivity (Wildman–Crippen MR) is 50.2 cm³/mol. The van der Waals surface area contributed by atoms with Crippen molar-refractivity contribution < 1.29 is 4.74 Å². The molecule has 6 atom stereocenters. The number of ether oxygens (including phenoxy) is 1. The van der Waals surface area contributed by atoms with Crippen LogP contribution in [0.5, 0.6) is 0 Å². The minimum atomic E-state index is 0.380. The van der Waals surface area contributed by atoms with E-state index in [1.165, 1.54) is 25.7 Å². The van der Waals surface area contributed by atoms with Crippen LogP contribution in [0, 0.1) is 23.7 Å². The van der Waals surface area contributed by atoms with Crippen LogP contribution in [0.4, 0.5) is 0 Å². The van der Waals surface area contributed by atoms with Crippen LogP contribution in [0.3, 0.4) is 0 Å². The number of fused-ring (bicyclic) bond motifs is 3. The summed E-state index contributed by atoms with van der Waals surface area (Å²) in [6, 6.07) is 0. The van der Waals surface area contributed by atoms with Crippen molar-refractivity contribution in [2.45, 2.75) is 37.4 Å². The summed E-state index contributed by atoms with van der Waals surface area (Å²) in [5.41, 5.74) is 0.380. The van der Waals surface area contributed by atoms with Crippen molar-refractivity contribution in [3.05, 3.63) is 12.7 Å². The molecule has 0 radical (unpaired) electrons. The summed E-state index contributed by atoms with van der Waals surface area (Å²) >= 11 is 0. The topological polar surface area (TPSA) is 12.5 Å². The zero-order valence-electron chi connectivity index (χ0n) is 7.91. The molecule has 3 aliphatic carbocycles. The molecular formula is C12H16O. The van der Waals surface area contributed by atoms with Crippen LogP contribution in [-0.4, -0.2) is 11.7 Å². The summed E-state index contributed by atoms with van der Waals surface area (Å²) in [5.74, 6) is 3.67. The lowest BCUT2D eigenvalue weighted by Crippen LogP contribution is -2.28. The van der Waals surface area contributed by atoms with Crippen LogP contribution in [0.1, 0.15) is 25.7 Å². The molecule has 4 aliphatic rings. The molecule has 2 bridgehead atoms. The Kier molecular flexibility index (Phi) is 1.02. The molecule has 0 aromatic rings. The highest BCUT2D eigenvalue weighted by molar-refractivity contribution is 5.25. The molecule has 1 spiro atoms. The first kappa shape index (κ1) is 7.05. The van der Waals surface area contributed by atoms with E-state index in [9.17, 15) is 0 Å². The van der Waals surface area contributed by atoms with Crippen LogP contribution in [0.2, 0.25) is 0 Å². The maximum Gasteiger partial charge on any atom is 0.0987 e. The first-order valence-corrected chi connectivity index (χ1v) is 5.65. The fourth-order valence-electron chi connectivity index (χ4n) is 4.76. The smallest absolute Gasteiger partial charge is 0.0987 e. The maximum absolute atomic E-state index is 5.93. The molecule has 70 valence electrons. The molecule has 1 heteroatoms. The van der Waals surface area contributed by atoms with Gasteiger partial charge >= 0.3 is 0 Å². The average Bonchev–Trinajstić information content (AvgIpc) is 2.55. The minimum Gasteiger partial charge on any atom is -0.366 e. The molecule has 4 rings (SSSR count). The van der Waals surface area contributed by atoms with Gasteiger partial charge in [-0.1, -0.05) is 6.08 Å². The highest BCUT2D eigenvalue weighted by Gasteiger charge is 2.75. The molecule has 1 nitrogen and oxygen atoms in total. The highest BCUT2D eigenvalue weighted by atomic mass is 16.6. The molecule has 3 saturated carbocycles. The van der Waals surface area contributed by atoms with E-state index in [0.717, 1.165) is 23.7 Å². The minimum absolute atomic E-state index is 0.380. The first-order chi connectivity index (χ1) is 6.35. The van der Waals surface area contributed by atoms with Crippen molar-refractivity contribution in [1.82, 2.24) is 0 Å². The van der Waals surface area contributed by atoms with Crippen molar-refractivity contribution in [2.24, 2.45) is 23.7 Å². The molecule has 0 N–H and O–H groups in total. The van der Waals surface area contributed by atoms with E-state index in [1.54, 1.807) is 0 Å². The second-order valence-electron chi connectivity index (χ2n) is 5.43. The second kappa shape index (κ2) is 1.88. The van der Waals surface area contributed by atoms with Gasteiger partial charge in [-0.2, -0.15) is 0 Å². The quantitative estimate of drug-likeness (QED) is 0.441. The van der Waals surface area contributed by atoms with E-state index < -0.39 is 0 Å². The SMILES string of the molecule is C=CC1CCC2C3CC4OC4(C3)C12. The summed E-state index contributed by atoms with van der Waals surface area (Å²) in [4.78, 5) is 0. The number of epoxide rings is 1. The summed E-state index contributed by atoms with van der Waals surface area (Å²) < 4.78 is 5.93. The van der Waals surface area contributed by atoms with Gasteiger partial charge in [0.1, 0.15) is 0 Å². The lowest BCUT2D eigenvalue weighted by Gasteiger charge is -2.24. The monoisotopic (exact) mass is 176 g/mol. The number of rotatable bonds is 1. The van der Waals surface area contributed by atoms with Gasteiger partial charge in [-0.25, -0.2) is 0 Å². The molecule has 0 aromatic heterocycles. The Labute approximate surface area is 79.2 Å². The van der Waals surface area contributed by atoms with Crippen molar-refractivity contribution in [3.63, 3.8) is 0 Å². The van der Waals surface area contributed by atoms with Gasteiger partial charge in [0.15, 0.2) is 0 Å². The Morgan fingerprint density at radius 1 is 1.38 bits per heavy atom. The van der Waals surface area contributed by atoms with Crippen molar-refractivity contribution in [1.29, 1.82) is 0 Å². The fourth-order valence-corrected chi connectivity index (χ4v) is 4.76. The van der Waals surface area contributed by atoms with E-state index >= 15 is 0 Å². The zero-order valence-corrected chi connectivity index (χ0v) is 7.91. The molecule has 4 fully saturated rings. The van der Waals surface area contributed by atoms with Crippen LogP contribution >= 0.6 is 0 Å². The van der Waals surface area contributed by atoms with Gasteiger partial charge in [0.05, 0.1) is 11.7 Å². The Balaban J connectivity index is 1.78. The summed E-state index contributed by atoms with van der Waals surface area (Å²) in [6.07, 6.45) is 8.46. The van der Waals surface area contributed by atoms with E-state index in [1.807, 2.05) is 0 Å². The van der Waals surface area contributed by atoms with Gasteiger partial charge in [-0.05, 0) is 49.4 Å². The average molecular weight is 176 g/mol. The molecule has 1 saturated heterocycles. The molecule has 1 aliphatic heterocycles. The summed E-state index contributed by atoms with van der Waals surface area (Å²) in [7, 11) is 0. The molecular weight excluding hydrogens is 160 g/mol. The molecule has 1 heterocycles. The van der Waals surface area contributed by atoms with Gasteiger partial charge in [-0.3, -0.25) is 0 Å². The first-order valence-electron chi connectivity index (χ1n) is 5.65. The van der Waals surface area contributed by atoms with Gasteiger partial charge in [-0.15, -0.1) is 6.58 Å². The zero-order chi connectivity index (χ0) is 8.63. The van der Waals surface area contributed by atoms with E-state index in [2.05, 4.69) is 12.7 Å². The normalized spacial score (nSPS) is 66.3. The van der Waals surface area contributed by atoms with Gasteiger partial charge in [0, 0.05) is 0 Å². The van der Waals surface area contributed by atoms with E-state index in [4.69, 9.17) is 4.74 Å². The van der Waals surface area contributed by atoms with Crippen LogP contribution in [-0.2, 0) is 4.74 Å². The van der Waals surface area contributed by atoms with Crippen molar-refractivity contribution in [2.75, 3.05) is 0 Å². The van der Waals surface area contributed by atoms with Gasteiger partial charge in [0.2, 0.25) is 0 Å². The van der Waals surface area contributed by atoms with E-state index in [0.29, 0.717) is 11.7 Å². The maximum atomic E-state index is 5.93. The predicted octanol–water partition coefficient (Wildman–Crippen LogP) is 2.38. The largest absolute Gasteiger partial charge is 0.366 e. The third-order valence-corrected chi connectivity index (χ3v) is 5.18. The van der Waals surface area contributed by atoms with Crippen molar-refractivity contribution in [3.8, 4) is 0 Å². The lowest BCUT2D eigenvalue weighted by atomic mass is 9.78. The Morgan fingerprint density at radius 2 is 2.31 bits per heavy atom. The molecule has 6 unspecified atom stereocenters. The summed E-state index contributed by atoms with van der Waals surface area (Å²) in [5, 5.41) is 0. The Morgan fingerprint density at radius 3 is 3.15 bits per heavy atom. The standard InChI is InChI=1S/C12H16O/c1-2-7-3-4-9-8-5-10-12(6-8,13-10)11(7)9/h2,7-11H,1,3-6H2. The Bertz CT molecular complexity index is 285. The van der Waals surface area contributed by atoms with Gasteiger partial charge < -0.3 is 4.74 Å². The summed E-state index contributed by atoms with van der Waals surface area (Å²) in [6.45, 7) is 3.98. The fraction of sp³-hybridized carbons (Fsp3) is 0.833. The van der Waals surface area contributed by atoms with Crippen molar-refractivity contribution >= 4 is 0 Å². The molecule has 0 amide bonds. The van der Waals surface area contributed by atoms with Gasteiger partial charge in [0.25, 0.3) is 0 Å². The second-order valence-corrected chi connectivity index (χ2v) is 5.43. The highest BCUT2D eigenvalue weighted by Crippen LogP contribution is 2.72. The third kappa shape index (κ3) is 0.604. The number of allylic oxidation sites excluding steroid dienone is 1. The van der Waals surface area contributed by atoms with Crippen LogP contribution < -0.4 is 0 Å². The number of hydrogen-bond acceptors (Lipinski definition) is 1. The number of hydrogen-bond donors (Lipinski definition) is 0. The van der Waals surface area contributed by atoms with Crippen LogP contribution in [0.15, 0.2) is 12.7 Å². The Hall–Kier alpha value is -0.300. The molecule has 13 heavy (non-hydrogen) atoms. The molecule has 0 aromatic carbocycles. The third-order valence-electron chi connectivity index (χ3n) is 5.18. The van der Waals surface area contributed by atoms with Crippen LogP contribution in [0.25, 0.3) is 0 Å².